The van der Waals surface area contributed by atoms with Crippen LogP contribution in [0.25, 0.3) is 0 Å². The summed E-state index contributed by atoms with van der Waals surface area (Å²) < 4.78 is 0. The minimum atomic E-state index is -0.519. The molecule has 0 spiro atoms. The number of anilines is 5. The van der Waals surface area contributed by atoms with E-state index in [0.717, 1.165) is 26.2 Å². The first-order valence-corrected chi connectivity index (χ1v) is 11.6. The van der Waals surface area contributed by atoms with Crippen molar-refractivity contribution in [1.82, 2.24) is 34.8 Å². The van der Waals surface area contributed by atoms with E-state index >= 15 is 0 Å². The molecule has 1 aliphatic heterocycles. The molecule has 1 saturated heterocycles. The van der Waals surface area contributed by atoms with Crippen LogP contribution in [0.2, 0.25) is 5.15 Å². The van der Waals surface area contributed by atoms with E-state index in [1.807, 2.05) is 6.92 Å². The van der Waals surface area contributed by atoms with Crippen LogP contribution in [0, 0.1) is 0 Å². The number of carbonyl (C=O) groups excluding carboxylic acids is 1. The maximum Gasteiger partial charge on any atom is 0.279 e. The number of aromatic nitrogens is 6. The largest absolute Gasteiger partial charge is 0.360 e. The van der Waals surface area contributed by atoms with Crippen molar-refractivity contribution < 1.29 is 4.79 Å². The summed E-state index contributed by atoms with van der Waals surface area (Å²) in [6.45, 7) is 5.44. The predicted molar refractivity (Wildman–Crippen MR) is 136 cm³/mol. The lowest BCUT2D eigenvalue weighted by Gasteiger charge is -2.32. The number of rotatable bonds is 7. The van der Waals surface area contributed by atoms with E-state index in [4.69, 9.17) is 11.6 Å². The average Bonchev–Trinajstić information content (AvgIpc) is 2.85. The molecule has 0 atom stereocenters. The van der Waals surface area contributed by atoms with Crippen molar-refractivity contribution in [2.45, 2.75) is 13.3 Å². The first-order valence-electron chi connectivity index (χ1n) is 11.3. The SMILES string of the molecule is CCc1nc(Nc2nc(N(C)C)c(Cl)nc2C(=O)Nc2ccccn2)nc(N2CCN(C)CC2)n1. The van der Waals surface area contributed by atoms with Gasteiger partial charge in [0.05, 0.1) is 0 Å². The minimum absolute atomic E-state index is 0.00846. The lowest BCUT2D eigenvalue weighted by atomic mass is 10.3. The molecule has 184 valence electrons. The molecule has 0 bridgehead atoms. The van der Waals surface area contributed by atoms with E-state index < -0.39 is 5.91 Å². The molecule has 35 heavy (non-hydrogen) atoms. The normalized spacial score (nSPS) is 14.0. The standard InChI is InChI=1S/C22H28ClN11O/c1-5-14-26-21(31-22(27-14)34-12-10-33(4)11-13-34)30-18-16(28-17(23)19(29-18)32(2)3)20(35)25-15-8-6-7-9-24-15/h6-9H,5,10-13H2,1-4H3,(H,24,25,35)(H,26,27,29,30,31). The Bertz CT molecular complexity index is 1180. The van der Waals surface area contributed by atoms with E-state index in [0.29, 0.717) is 29.8 Å². The number of halogens is 1. The third-order valence-corrected chi connectivity index (χ3v) is 5.64. The fourth-order valence-electron chi connectivity index (χ4n) is 3.42. The van der Waals surface area contributed by atoms with E-state index in [9.17, 15) is 4.79 Å². The number of aryl methyl sites for hydroxylation is 1. The summed E-state index contributed by atoms with van der Waals surface area (Å²) in [6.07, 6.45) is 2.21. The minimum Gasteiger partial charge on any atom is -0.360 e. The molecular weight excluding hydrogens is 470 g/mol. The van der Waals surface area contributed by atoms with Crippen molar-refractivity contribution in [3.05, 3.63) is 41.1 Å². The number of amides is 1. The molecular formula is C22H28ClN11O. The fraction of sp³-hybridized carbons (Fsp3) is 0.409. The zero-order valence-corrected chi connectivity index (χ0v) is 20.9. The molecule has 3 aromatic rings. The number of likely N-dealkylation sites (N-methyl/N-ethyl adjacent to an activating group) is 1. The highest BCUT2D eigenvalue weighted by molar-refractivity contribution is 6.32. The number of nitrogens with zero attached hydrogens (tertiary/aromatic N) is 9. The highest BCUT2D eigenvalue weighted by Crippen LogP contribution is 2.26. The Morgan fingerprint density at radius 1 is 1.09 bits per heavy atom. The summed E-state index contributed by atoms with van der Waals surface area (Å²) in [5.41, 5.74) is -0.00846. The van der Waals surface area contributed by atoms with Gasteiger partial charge in [0, 0.05) is 52.9 Å². The molecule has 12 nitrogen and oxygen atoms in total. The third kappa shape index (κ3) is 5.89. The summed E-state index contributed by atoms with van der Waals surface area (Å²) >= 11 is 6.34. The first kappa shape index (κ1) is 24.5. The van der Waals surface area contributed by atoms with Crippen LogP contribution in [0.1, 0.15) is 23.2 Å². The van der Waals surface area contributed by atoms with Crippen molar-refractivity contribution in [2.24, 2.45) is 0 Å². The highest BCUT2D eigenvalue weighted by atomic mass is 35.5. The van der Waals surface area contributed by atoms with E-state index in [-0.39, 0.29) is 22.6 Å². The first-order chi connectivity index (χ1) is 16.8. The Morgan fingerprint density at radius 2 is 1.86 bits per heavy atom. The maximum atomic E-state index is 13.1. The molecule has 4 rings (SSSR count). The van der Waals surface area contributed by atoms with Crippen LogP contribution in [-0.2, 0) is 6.42 Å². The van der Waals surface area contributed by atoms with Gasteiger partial charge in [-0.05, 0) is 19.2 Å². The number of hydrogen-bond acceptors (Lipinski definition) is 11. The zero-order valence-electron chi connectivity index (χ0n) is 20.2. The van der Waals surface area contributed by atoms with Crippen LogP contribution in [-0.4, -0.2) is 88.0 Å². The Balaban J connectivity index is 1.69. The lowest BCUT2D eigenvalue weighted by Crippen LogP contribution is -2.45. The van der Waals surface area contributed by atoms with Gasteiger partial charge in [0.25, 0.3) is 5.91 Å². The number of pyridine rings is 1. The van der Waals surface area contributed by atoms with Gasteiger partial charge in [0.1, 0.15) is 11.6 Å². The molecule has 13 heteroatoms. The molecule has 3 aromatic heterocycles. The van der Waals surface area contributed by atoms with E-state index in [1.54, 1.807) is 43.4 Å². The maximum absolute atomic E-state index is 13.1. The van der Waals surface area contributed by atoms with Crippen molar-refractivity contribution in [2.75, 3.05) is 67.8 Å². The second-order valence-corrected chi connectivity index (χ2v) is 8.60. The van der Waals surface area contributed by atoms with Gasteiger partial charge in [-0.15, -0.1) is 0 Å². The van der Waals surface area contributed by atoms with Gasteiger partial charge in [0.2, 0.25) is 11.9 Å². The van der Waals surface area contributed by atoms with Crippen molar-refractivity contribution in [1.29, 1.82) is 0 Å². The molecule has 2 N–H and O–H groups in total. The van der Waals surface area contributed by atoms with Gasteiger partial charge in [-0.25, -0.2) is 15.0 Å². The Kier molecular flexibility index (Phi) is 7.51. The highest BCUT2D eigenvalue weighted by Gasteiger charge is 2.23. The number of nitrogens with one attached hydrogen (secondary N) is 2. The smallest absolute Gasteiger partial charge is 0.279 e. The Hall–Kier alpha value is -3.64. The molecule has 1 aliphatic rings. The monoisotopic (exact) mass is 497 g/mol. The third-order valence-electron chi connectivity index (χ3n) is 5.38. The molecule has 0 aliphatic carbocycles. The van der Waals surface area contributed by atoms with Crippen molar-refractivity contribution >= 4 is 46.9 Å². The summed E-state index contributed by atoms with van der Waals surface area (Å²) in [7, 11) is 5.67. The van der Waals surface area contributed by atoms with Crippen LogP contribution in [0.5, 0.6) is 0 Å². The zero-order chi connectivity index (χ0) is 24.9. The fourth-order valence-corrected chi connectivity index (χ4v) is 3.72. The van der Waals surface area contributed by atoms with Crippen LogP contribution in [0.4, 0.5) is 29.4 Å². The quantitative estimate of drug-likeness (QED) is 0.497. The summed E-state index contributed by atoms with van der Waals surface area (Å²) in [6, 6.07) is 5.21. The van der Waals surface area contributed by atoms with Gasteiger partial charge in [-0.1, -0.05) is 24.6 Å². The Morgan fingerprint density at radius 3 is 2.51 bits per heavy atom. The van der Waals surface area contributed by atoms with Crippen molar-refractivity contribution in [3.8, 4) is 0 Å². The summed E-state index contributed by atoms with van der Waals surface area (Å²) in [5.74, 6) is 1.92. The van der Waals surface area contributed by atoms with Gasteiger partial charge in [-0.2, -0.15) is 15.0 Å². The Labute approximate surface area is 208 Å². The molecule has 0 radical (unpaired) electrons. The number of hydrogen-bond donors (Lipinski definition) is 2. The molecule has 1 fully saturated rings. The van der Waals surface area contributed by atoms with Crippen LogP contribution in [0.15, 0.2) is 24.4 Å². The van der Waals surface area contributed by atoms with Crippen LogP contribution >= 0.6 is 11.6 Å². The second kappa shape index (κ2) is 10.7. The van der Waals surface area contributed by atoms with E-state index in [1.165, 1.54) is 0 Å². The second-order valence-electron chi connectivity index (χ2n) is 8.24. The number of piperazine rings is 1. The molecule has 4 heterocycles. The molecule has 0 unspecified atom stereocenters. The van der Waals surface area contributed by atoms with Gasteiger partial charge < -0.3 is 25.3 Å². The predicted octanol–water partition coefficient (Wildman–Crippen LogP) is 2.09. The van der Waals surface area contributed by atoms with Crippen LogP contribution in [0.3, 0.4) is 0 Å². The van der Waals surface area contributed by atoms with Crippen LogP contribution < -0.4 is 20.4 Å². The summed E-state index contributed by atoms with van der Waals surface area (Å²) in [5, 5.41) is 5.90. The average molecular weight is 498 g/mol. The molecule has 0 saturated carbocycles. The molecule has 1 amide bonds. The number of carbonyl (C=O) groups is 1. The van der Waals surface area contributed by atoms with E-state index in [2.05, 4.69) is 57.4 Å². The topological polar surface area (TPSA) is 128 Å². The lowest BCUT2D eigenvalue weighted by molar-refractivity contribution is 0.102. The molecule has 0 aromatic carbocycles. The summed E-state index contributed by atoms with van der Waals surface area (Å²) in [4.78, 5) is 45.9. The van der Waals surface area contributed by atoms with Gasteiger partial charge >= 0.3 is 0 Å². The van der Waals surface area contributed by atoms with Gasteiger partial charge in [0.15, 0.2) is 22.5 Å². The van der Waals surface area contributed by atoms with Gasteiger partial charge in [-0.3, -0.25) is 4.79 Å². The van der Waals surface area contributed by atoms with Crippen molar-refractivity contribution in [3.63, 3.8) is 0 Å².